The lowest BCUT2D eigenvalue weighted by atomic mass is 10.1. The lowest BCUT2D eigenvalue weighted by Crippen LogP contribution is -2.61. The molecule has 0 bridgehead atoms. The van der Waals surface area contributed by atoms with Crippen molar-refractivity contribution in [1.29, 1.82) is 0 Å². The van der Waals surface area contributed by atoms with E-state index in [-0.39, 0.29) is 18.1 Å². The molecule has 1 N–H and O–H groups in total. The molecule has 2 saturated heterocycles. The maximum Gasteiger partial charge on any atom is 0.253 e. The summed E-state index contributed by atoms with van der Waals surface area (Å²) in [5.74, 6) is 0.161. The SMILES string of the molecule is CCN1CCOC(C(=O)N2CCNC(C)C2C)C1. The largest absolute Gasteiger partial charge is 0.366 e. The normalized spacial score (nSPS) is 34.6. The first-order valence-corrected chi connectivity index (χ1v) is 7.01. The van der Waals surface area contributed by atoms with Crippen LogP contribution in [0.1, 0.15) is 20.8 Å². The summed E-state index contributed by atoms with van der Waals surface area (Å²) >= 11 is 0. The summed E-state index contributed by atoms with van der Waals surface area (Å²) in [5, 5.41) is 3.39. The van der Waals surface area contributed by atoms with Crippen LogP contribution >= 0.6 is 0 Å². The van der Waals surface area contributed by atoms with Crippen LogP contribution in [0.4, 0.5) is 0 Å². The molecule has 2 rings (SSSR count). The minimum Gasteiger partial charge on any atom is -0.366 e. The maximum atomic E-state index is 12.5. The van der Waals surface area contributed by atoms with E-state index in [2.05, 4.69) is 31.0 Å². The Morgan fingerprint density at radius 1 is 1.39 bits per heavy atom. The molecular weight excluding hydrogens is 230 g/mol. The van der Waals surface area contributed by atoms with Gasteiger partial charge in [-0.3, -0.25) is 9.69 Å². The van der Waals surface area contributed by atoms with Gasteiger partial charge in [-0.2, -0.15) is 0 Å². The highest BCUT2D eigenvalue weighted by atomic mass is 16.5. The Bertz CT molecular complexity index is 298. The fourth-order valence-electron chi connectivity index (χ4n) is 2.69. The molecule has 0 radical (unpaired) electrons. The Kier molecular flexibility index (Phi) is 4.59. The van der Waals surface area contributed by atoms with E-state index in [1.54, 1.807) is 0 Å². The van der Waals surface area contributed by atoms with Crippen LogP contribution in [0, 0.1) is 0 Å². The molecule has 5 heteroatoms. The summed E-state index contributed by atoms with van der Waals surface area (Å²) in [5.41, 5.74) is 0. The van der Waals surface area contributed by atoms with Crippen LogP contribution in [-0.4, -0.2) is 73.2 Å². The Hall–Kier alpha value is -0.650. The van der Waals surface area contributed by atoms with Crippen molar-refractivity contribution in [2.24, 2.45) is 0 Å². The van der Waals surface area contributed by atoms with Crippen LogP contribution in [0.2, 0.25) is 0 Å². The summed E-state index contributed by atoms with van der Waals surface area (Å²) in [6.45, 7) is 11.4. The molecule has 0 saturated carbocycles. The van der Waals surface area contributed by atoms with E-state index < -0.39 is 0 Å². The number of likely N-dealkylation sites (N-methyl/N-ethyl adjacent to an activating group) is 1. The number of amides is 1. The van der Waals surface area contributed by atoms with Crippen molar-refractivity contribution in [1.82, 2.24) is 15.1 Å². The molecule has 0 aromatic carbocycles. The van der Waals surface area contributed by atoms with Gasteiger partial charge in [0.05, 0.1) is 6.61 Å². The van der Waals surface area contributed by atoms with Crippen molar-refractivity contribution in [3.05, 3.63) is 0 Å². The van der Waals surface area contributed by atoms with Crippen molar-refractivity contribution in [2.45, 2.75) is 39.0 Å². The van der Waals surface area contributed by atoms with Crippen molar-refractivity contribution in [3.63, 3.8) is 0 Å². The molecule has 1 amide bonds. The van der Waals surface area contributed by atoms with Crippen molar-refractivity contribution in [3.8, 4) is 0 Å². The molecule has 2 fully saturated rings. The number of hydrogen-bond acceptors (Lipinski definition) is 4. The summed E-state index contributed by atoms with van der Waals surface area (Å²) in [6.07, 6.45) is -0.272. The van der Waals surface area contributed by atoms with Crippen molar-refractivity contribution >= 4 is 5.91 Å². The number of rotatable bonds is 2. The van der Waals surface area contributed by atoms with Gasteiger partial charge in [0.1, 0.15) is 6.10 Å². The lowest BCUT2D eigenvalue weighted by molar-refractivity contribution is -0.153. The summed E-state index contributed by atoms with van der Waals surface area (Å²) in [6, 6.07) is 0.598. The zero-order chi connectivity index (χ0) is 13.1. The van der Waals surface area contributed by atoms with Gasteiger partial charge in [0.2, 0.25) is 0 Å². The Morgan fingerprint density at radius 2 is 2.17 bits per heavy atom. The first kappa shape index (κ1) is 13.8. The minimum atomic E-state index is -0.272. The van der Waals surface area contributed by atoms with E-state index in [0.29, 0.717) is 12.6 Å². The number of hydrogen-bond donors (Lipinski definition) is 1. The second-order valence-electron chi connectivity index (χ2n) is 5.27. The minimum absolute atomic E-state index is 0.161. The van der Waals surface area contributed by atoms with Crippen molar-refractivity contribution < 1.29 is 9.53 Å². The number of carbonyl (C=O) groups excluding carboxylic acids is 1. The molecule has 3 unspecified atom stereocenters. The number of nitrogens with zero attached hydrogens (tertiary/aromatic N) is 2. The summed E-state index contributed by atoms with van der Waals surface area (Å²) in [7, 11) is 0. The maximum absolute atomic E-state index is 12.5. The molecule has 0 spiro atoms. The molecule has 5 nitrogen and oxygen atoms in total. The predicted molar refractivity (Wildman–Crippen MR) is 70.5 cm³/mol. The third kappa shape index (κ3) is 2.84. The molecule has 0 aliphatic carbocycles. The second-order valence-corrected chi connectivity index (χ2v) is 5.27. The number of nitrogens with one attached hydrogen (secondary N) is 1. The zero-order valence-corrected chi connectivity index (χ0v) is 11.7. The van der Waals surface area contributed by atoms with Crippen LogP contribution in [-0.2, 0) is 9.53 Å². The average molecular weight is 255 g/mol. The molecular formula is C13H25N3O2. The number of carbonyl (C=O) groups is 1. The fourth-order valence-corrected chi connectivity index (χ4v) is 2.69. The molecule has 0 aromatic heterocycles. The quantitative estimate of drug-likeness (QED) is 0.749. The third-order valence-corrected chi connectivity index (χ3v) is 4.19. The second kappa shape index (κ2) is 5.99. The molecule has 2 aliphatic rings. The molecule has 0 aromatic rings. The van der Waals surface area contributed by atoms with E-state index >= 15 is 0 Å². The average Bonchev–Trinajstić information content (AvgIpc) is 2.41. The molecule has 2 aliphatic heterocycles. The number of piperazine rings is 1. The van der Waals surface area contributed by atoms with E-state index in [0.717, 1.165) is 32.7 Å². The van der Waals surface area contributed by atoms with Gasteiger partial charge in [-0.1, -0.05) is 6.92 Å². The topological polar surface area (TPSA) is 44.8 Å². The van der Waals surface area contributed by atoms with Gasteiger partial charge in [0.25, 0.3) is 5.91 Å². The van der Waals surface area contributed by atoms with Gasteiger partial charge < -0.3 is 15.0 Å². The van der Waals surface area contributed by atoms with Crippen LogP contribution in [0.5, 0.6) is 0 Å². The van der Waals surface area contributed by atoms with Crippen molar-refractivity contribution in [2.75, 3.05) is 39.3 Å². The smallest absolute Gasteiger partial charge is 0.253 e. The highest BCUT2D eigenvalue weighted by molar-refractivity contribution is 5.81. The number of ether oxygens (including phenoxy) is 1. The van der Waals surface area contributed by atoms with Crippen LogP contribution in [0.15, 0.2) is 0 Å². The Labute approximate surface area is 109 Å². The highest BCUT2D eigenvalue weighted by Crippen LogP contribution is 2.14. The predicted octanol–water partition coefficient (Wildman–Crippen LogP) is -0.0841. The monoisotopic (exact) mass is 255 g/mol. The first-order valence-electron chi connectivity index (χ1n) is 7.01. The lowest BCUT2D eigenvalue weighted by Gasteiger charge is -2.41. The summed E-state index contributed by atoms with van der Waals surface area (Å²) < 4.78 is 5.66. The van der Waals surface area contributed by atoms with Crippen LogP contribution < -0.4 is 5.32 Å². The van der Waals surface area contributed by atoms with E-state index in [1.165, 1.54) is 0 Å². The van der Waals surface area contributed by atoms with Gasteiger partial charge in [-0.05, 0) is 20.4 Å². The van der Waals surface area contributed by atoms with E-state index in [9.17, 15) is 4.79 Å². The Balaban J connectivity index is 1.97. The van der Waals surface area contributed by atoms with Gasteiger partial charge in [-0.25, -0.2) is 0 Å². The van der Waals surface area contributed by atoms with Crippen LogP contribution in [0.25, 0.3) is 0 Å². The van der Waals surface area contributed by atoms with Crippen LogP contribution in [0.3, 0.4) is 0 Å². The van der Waals surface area contributed by atoms with Gasteiger partial charge >= 0.3 is 0 Å². The molecule has 104 valence electrons. The van der Waals surface area contributed by atoms with Gasteiger partial charge in [0.15, 0.2) is 0 Å². The van der Waals surface area contributed by atoms with Gasteiger partial charge in [0, 0.05) is 38.3 Å². The molecule has 3 atom stereocenters. The Morgan fingerprint density at radius 3 is 2.89 bits per heavy atom. The standard InChI is InChI=1S/C13H25N3O2/c1-4-15-7-8-18-12(9-15)13(17)16-6-5-14-10(2)11(16)3/h10-12,14H,4-9H2,1-3H3. The number of morpholine rings is 1. The van der Waals surface area contributed by atoms with E-state index in [4.69, 9.17) is 4.74 Å². The highest BCUT2D eigenvalue weighted by Gasteiger charge is 2.34. The molecule has 2 heterocycles. The third-order valence-electron chi connectivity index (χ3n) is 4.19. The zero-order valence-electron chi connectivity index (χ0n) is 11.7. The molecule has 18 heavy (non-hydrogen) atoms. The fraction of sp³-hybridized carbons (Fsp3) is 0.923. The van der Waals surface area contributed by atoms with Gasteiger partial charge in [-0.15, -0.1) is 0 Å². The first-order chi connectivity index (χ1) is 8.63. The summed E-state index contributed by atoms with van der Waals surface area (Å²) in [4.78, 5) is 16.8. The van der Waals surface area contributed by atoms with E-state index in [1.807, 2.05) is 4.90 Å².